The van der Waals surface area contributed by atoms with Gasteiger partial charge in [-0.05, 0) is 51.0 Å². The van der Waals surface area contributed by atoms with Crippen molar-refractivity contribution < 1.29 is 14.6 Å². The number of aromatic hydroxyl groups is 1. The molecule has 0 heterocycles. The number of carbonyl (C=O) groups excluding carboxylic acids is 1. The molecule has 2 aromatic rings. The summed E-state index contributed by atoms with van der Waals surface area (Å²) in [4.78, 5) is 12.9. The standard InChI is InChI=1S/C18H20O3.H3P/c1-5-21-15-8-6-7-14(19)17(15)18(20)16-12(3)9-11(2)10-13(16)4;/h6-10,19H,5H2,1-4H3;1H3. The van der Waals surface area contributed by atoms with Crippen molar-refractivity contribution in [3.05, 3.63) is 58.1 Å². The molecule has 22 heavy (non-hydrogen) atoms. The lowest BCUT2D eigenvalue weighted by Gasteiger charge is -2.14. The summed E-state index contributed by atoms with van der Waals surface area (Å²) >= 11 is 0. The Kier molecular flexibility index (Phi) is 6.13. The lowest BCUT2D eigenvalue weighted by molar-refractivity contribution is 0.103. The van der Waals surface area contributed by atoms with Crippen molar-refractivity contribution in [2.75, 3.05) is 6.61 Å². The minimum Gasteiger partial charge on any atom is -0.507 e. The normalized spacial score (nSPS) is 10.0. The highest BCUT2D eigenvalue weighted by molar-refractivity contribution is 6.92. The summed E-state index contributed by atoms with van der Waals surface area (Å²) in [5.41, 5.74) is 3.78. The van der Waals surface area contributed by atoms with Crippen LogP contribution in [0.3, 0.4) is 0 Å². The van der Waals surface area contributed by atoms with E-state index in [0.717, 1.165) is 16.7 Å². The van der Waals surface area contributed by atoms with Gasteiger partial charge in [-0.25, -0.2) is 0 Å². The van der Waals surface area contributed by atoms with Crippen LogP contribution < -0.4 is 4.74 Å². The summed E-state index contributed by atoms with van der Waals surface area (Å²) in [6.45, 7) is 8.11. The van der Waals surface area contributed by atoms with Crippen LogP contribution in [0.2, 0.25) is 0 Å². The Morgan fingerprint density at radius 1 is 1.09 bits per heavy atom. The van der Waals surface area contributed by atoms with Crippen LogP contribution in [0.5, 0.6) is 11.5 Å². The zero-order valence-corrected chi connectivity index (χ0v) is 15.0. The minimum absolute atomic E-state index is 0. The number of hydrogen-bond donors (Lipinski definition) is 1. The Bertz CT molecular complexity index is 670. The first kappa shape index (κ1) is 18.2. The largest absolute Gasteiger partial charge is 0.507 e. The van der Waals surface area contributed by atoms with Crippen LogP contribution in [-0.2, 0) is 0 Å². The number of aryl methyl sites for hydroxylation is 3. The van der Waals surface area contributed by atoms with Gasteiger partial charge in [0.2, 0.25) is 5.78 Å². The van der Waals surface area contributed by atoms with Gasteiger partial charge in [-0.3, -0.25) is 4.79 Å². The fraction of sp³-hybridized carbons (Fsp3) is 0.278. The van der Waals surface area contributed by atoms with Gasteiger partial charge < -0.3 is 9.84 Å². The van der Waals surface area contributed by atoms with Crippen LogP contribution in [0.25, 0.3) is 0 Å². The average Bonchev–Trinajstić information content (AvgIpc) is 2.37. The molecule has 0 saturated heterocycles. The molecule has 3 nitrogen and oxygen atoms in total. The van der Waals surface area contributed by atoms with Crippen molar-refractivity contribution in [2.24, 2.45) is 0 Å². The van der Waals surface area contributed by atoms with Gasteiger partial charge in [-0.1, -0.05) is 23.8 Å². The summed E-state index contributed by atoms with van der Waals surface area (Å²) in [5, 5.41) is 10.1. The van der Waals surface area contributed by atoms with Gasteiger partial charge in [0.25, 0.3) is 0 Å². The van der Waals surface area contributed by atoms with Gasteiger partial charge in [-0.2, -0.15) is 9.90 Å². The molecule has 118 valence electrons. The Morgan fingerprint density at radius 2 is 1.68 bits per heavy atom. The molecule has 0 saturated carbocycles. The maximum absolute atomic E-state index is 12.9. The van der Waals surface area contributed by atoms with Crippen molar-refractivity contribution >= 4 is 15.7 Å². The lowest BCUT2D eigenvalue weighted by Crippen LogP contribution is -2.09. The molecule has 2 rings (SSSR count). The number of phenols is 1. The Morgan fingerprint density at radius 3 is 2.23 bits per heavy atom. The number of ether oxygens (including phenoxy) is 1. The second-order valence-corrected chi connectivity index (χ2v) is 5.19. The third-order valence-electron chi connectivity index (χ3n) is 3.44. The van der Waals surface area contributed by atoms with E-state index >= 15 is 0 Å². The van der Waals surface area contributed by atoms with E-state index < -0.39 is 0 Å². The average molecular weight is 318 g/mol. The van der Waals surface area contributed by atoms with E-state index in [2.05, 4.69) is 0 Å². The fourth-order valence-electron chi connectivity index (χ4n) is 2.69. The molecule has 1 unspecified atom stereocenters. The third-order valence-corrected chi connectivity index (χ3v) is 3.44. The zero-order valence-electron chi connectivity index (χ0n) is 13.6. The number of phenolic OH excluding ortho intramolecular Hbond substituents is 1. The molecule has 4 heteroatoms. The topological polar surface area (TPSA) is 46.5 Å². The number of rotatable bonds is 4. The van der Waals surface area contributed by atoms with Gasteiger partial charge in [0, 0.05) is 5.56 Å². The zero-order chi connectivity index (χ0) is 15.6. The molecule has 0 bridgehead atoms. The van der Waals surface area contributed by atoms with Crippen molar-refractivity contribution in [3.63, 3.8) is 0 Å². The van der Waals surface area contributed by atoms with E-state index in [4.69, 9.17) is 4.74 Å². The fourth-order valence-corrected chi connectivity index (χ4v) is 2.69. The molecule has 0 aromatic heterocycles. The second-order valence-electron chi connectivity index (χ2n) is 5.19. The van der Waals surface area contributed by atoms with Crippen LogP contribution >= 0.6 is 9.90 Å². The number of benzene rings is 2. The Balaban J connectivity index is 0.00000242. The van der Waals surface area contributed by atoms with Gasteiger partial charge in [0.05, 0.1) is 6.61 Å². The van der Waals surface area contributed by atoms with Gasteiger partial charge in [0.1, 0.15) is 17.1 Å². The molecule has 0 radical (unpaired) electrons. The summed E-state index contributed by atoms with van der Waals surface area (Å²) < 4.78 is 5.48. The molecule has 0 fully saturated rings. The maximum atomic E-state index is 12.9. The van der Waals surface area contributed by atoms with Crippen molar-refractivity contribution in [3.8, 4) is 11.5 Å². The molecule has 0 spiro atoms. The highest BCUT2D eigenvalue weighted by Crippen LogP contribution is 2.32. The van der Waals surface area contributed by atoms with Gasteiger partial charge >= 0.3 is 0 Å². The predicted molar refractivity (Wildman–Crippen MR) is 94.5 cm³/mol. The van der Waals surface area contributed by atoms with Crippen molar-refractivity contribution in [1.29, 1.82) is 0 Å². The highest BCUT2D eigenvalue weighted by atomic mass is 31.0. The molecular weight excluding hydrogens is 295 g/mol. The summed E-state index contributed by atoms with van der Waals surface area (Å²) in [6, 6.07) is 8.83. The maximum Gasteiger partial charge on any atom is 0.201 e. The van der Waals surface area contributed by atoms with E-state index in [1.54, 1.807) is 12.1 Å². The Labute approximate surface area is 134 Å². The first-order chi connectivity index (χ1) is 9.95. The first-order valence-corrected chi connectivity index (χ1v) is 7.03. The highest BCUT2D eigenvalue weighted by Gasteiger charge is 2.22. The van der Waals surface area contributed by atoms with E-state index in [0.29, 0.717) is 17.9 Å². The van der Waals surface area contributed by atoms with Crippen LogP contribution in [0.1, 0.15) is 39.5 Å². The lowest BCUT2D eigenvalue weighted by atomic mass is 9.92. The monoisotopic (exact) mass is 318 g/mol. The summed E-state index contributed by atoms with van der Waals surface area (Å²) in [7, 11) is 0. The molecular formula is C18H23O3P. The number of carbonyl (C=O) groups is 1. The van der Waals surface area contributed by atoms with Crippen LogP contribution in [0.4, 0.5) is 0 Å². The molecule has 0 aliphatic heterocycles. The minimum atomic E-state index is -0.202. The number of ketones is 1. The van der Waals surface area contributed by atoms with Crippen molar-refractivity contribution in [2.45, 2.75) is 27.7 Å². The second kappa shape index (κ2) is 7.42. The van der Waals surface area contributed by atoms with Crippen LogP contribution in [-0.4, -0.2) is 17.5 Å². The predicted octanol–water partition coefficient (Wildman–Crippen LogP) is 4.01. The van der Waals surface area contributed by atoms with Crippen LogP contribution in [0.15, 0.2) is 30.3 Å². The molecule has 1 N–H and O–H groups in total. The summed E-state index contributed by atoms with van der Waals surface area (Å²) in [5.74, 6) is 0.166. The van der Waals surface area contributed by atoms with E-state index in [1.807, 2.05) is 39.8 Å². The van der Waals surface area contributed by atoms with Gasteiger partial charge in [-0.15, -0.1) is 0 Å². The number of hydrogen-bond acceptors (Lipinski definition) is 3. The van der Waals surface area contributed by atoms with E-state index in [-0.39, 0.29) is 27.0 Å². The Hall–Kier alpha value is -1.86. The summed E-state index contributed by atoms with van der Waals surface area (Å²) in [6.07, 6.45) is 0. The van der Waals surface area contributed by atoms with Crippen LogP contribution in [0, 0.1) is 20.8 Å². The third kappa shape index (κ3) is 3.48. The van der Waals surface area contributed by atoms with E-state index in [9.17, 15) is 9.90 Å². The SMILES string of the molecule is CCOc1cccc(O)c1C(=O)c1c(C)cc(C)cc1C.P. The molecule has 0 amide bonds. The molecule has 0 aliphatic rings. The first-order valence-electron chi connectivity index (χ1n) is 7.03. The van der Waals surface area contributed by atoms with E-state index in [1.165, 1.54) is 6.07 Å². The van der Waals surface area contributed by atoms with Gasteiger partial charge in [0.15, 0.2) is 0 Å². The van der Waals surface area contributed by atoms with Crippen molar-refractivity contribution in [1.82, 2.24) is 0 Å². The molecule has 0 aliphatic carbocycles. The smallest absolute Gasteiger partial charge is 0.201 e. The molecule has 2 aromatic carbocycles. The quantitative estimate of drug-likeness (QED) is 0.684. The molecule has 1 atom stereocenters.